The molecule has 1 saturated heterocycles. The monoisotopic (exact) mass is 371 g/mol. The van der Waals surface area contributed by atoms with Crippen LogP contribution in [0.25, 0.3) is 0 Å². The summed E-state index contributed by atoms with van der Waals surface area (Å²) in [6, 6.07) is 5.92. The van der Waals surface area contributed by atoms with Crippen molar-refractivity contribution in [1.82, 2.24) is 15.1 Å². The van der Waals surface area contributed by atoms with Gasteiger partial charge in [-0.05, 0) is 49.8 Å². The molecule has 1 N–H and O–H groups in total. The van der Waals surface area contributed by atoms with Gasteiger partial charge in [-0.3, -0.25) is 9.59 Å². The highest BCUT2D eigenvalue weighted by Gasteiger charge is 2.24. The quantitative estimate of drug-likeness (QED) is 0.808. The summed E-state index contributed by atoms with van der Waals surface area (Å²) in [5.74, 6) is 0.0366. The molecule has 1 aromatic rings. The fraction of sp³-hybridized carbons (Fsp3) is 0.571. The normalized spacial score (nSPS) is 16.6. The molecular formula is C21H29N3O3. The van der Waals surface area contributed by atoms with Crippen molar-refractivity contribution in [2.24, 2.45) is 0 Å². The van der Waals surface area contributed by atoms with Crippen molar-refractivity contribution in [2.75, 3.05) is 32.7 Å². The molecule has 27 heavy (non-hydrogen) atoms. The van der Waals surface area contributed by atoms with Gasteiger partial charge in [0.15, 0.2) is 5.78 Å². The first kappa shape index (κ1) is 19.4. The van der Waals surface area contributed by atoms with Crippen molar-refractivity contribution in [3.63, 3.8) is 0 Å². The highest BCUT2D eigenvalue weighted by atomic mass is 16.2. The van der Waals surface area contributed by atoms with Gasteiger partial charge < -0.3 is 15.1 Å². The molecule has 1 aromatic carbocycles. The SMILES string of the molecule is CCNC(=O)N1CCN(C(=O)CCC(=O)c2ccc3c(c2)CCCC3)CC1. The number of benzene rings is 1. The maximum atomic E-state index is 12.5. The van der Waals surface area contributed by atoms with Crippen molar-refractivity contribution >= 4 is 17.7 Å². The summed E-state index contributed by atoms with van der Waals surface area (Å²) < 4.78 is 0. The molecule has 6 nitrogen and oxygen atoms in total. The summed E-state index contributed by atoms with van der Waals surface area (Å²) >= 11 is 0. The summed E-state index contributed by atoms with van der Waals surface area (Å²) in [5, 5.41) is 2.78. The van der Waals surface area contributed by atoms with Gasteiger partial charge in [-0.25, -0.2) is 4.79 Å². The van der Waals surface area contributed by atoms with E-state index >= 15 is 0 Å². The Labute approximate surface area is 160 Å². The number of fused-ring (bicyclic) bond motifs is 1. The Hall–Kier alpha value is -2.37. The zero-order chi connectivity index (χ0) is 19.2. The molecule has 0 radical (unpaired) electrons. The summed E-state index contributed by atoms with van der Waals surface area (Å²) in [6.45, 7) is 4.62. The average molecular weight is 371 g/mol. The first-order valence-corrected chi connectivity index (χ1v) is 10.0. The molecule has 3 rings (SSSR count). The van der Waals surface area contributed by atoms with Crippen molar-refractivity contribution in [2.45, 2.75) is 45.4 Å². The summed E-state index contributed by atoms with van der Waals surface area (Å²) in [7, 11) is 0. The van der Waals surface area contributed by atoms with E-state index in [-0.39, 0.29) is 30.6 Å². The van der Waals surface area contributed by atoms with Crippen molar-refractivity contribution in [3.05, 3.63) is 34.9 Å². The van der Waals surface area contributed by atoms with Crippen molar-refractivity contribution in [1.29, 1.82) is 0 Å². The third-order valence-corrected chi connectivity index (χ3v) is 5.48. The number of carbonyl (C=O) groups is 3. The third kappa shape index (κ3) is 4.87. The van der Waals surface area contributed by atoms with Crippen LogP contribution in [0, 0.1) is 0 Å². The molecule has 6 heteroatoms. The molecule has 1 fully saturated rings. The van der Waals surface area contributed by atoms with Crippen molar-refractivity contribution < 1.29 is 14.4 Å². The zero-order valence-electron chi connectivity index (χ0n) is 16.1. The standard InChI is InChI=1S/C21H29N3O3/c1-2-22-21(27)24-13-11-23(12-14-24)20(26)10-9-19(25)18-8-7-16-5-3-4-6-17(16)15-18/h7-8,15H,2-6,9-14H2,1H3,(H,22,27). The van der Waals surface area contributed by atoms with Gasteiger partial charge >= 0.3 is 6.03 Å². The number of urea groups is 1. The molecule has 1 aliphatic heterocycles. The van der Waals surface area contributed by atoms with E-state index < -0.39 is 0 Å². The number of hydrogen-bond donors (Lipinski definition) is 1. The predicted molar refractivity (Wildman–Crippen MR) is 104 cm³/mol. The number of amides is 3. The number of hydrogen-bond acceptors (Lipinski definition) is 3. The number of rotatable bonds is 5. The van der Waals surface area contributed by atoms with Crippen LogP contribution in [0.3, 0.4) is 0 Å². The lowest BCUT2D eigenvalue weighted by molar-refractivity contribution is -0.132. The Morgan fingerprint density at radius 2 is 1.59 bits per heavy atom. The average Bonchev–Trinajstić information content (AvgIpc) is 2.71. The van der Waals surface area contributed by atoms with E-state index in [2.05, 4.69) is 11.4 Å². The number of Topliss-reactive ketones (excluding diaryl/α,β-unsaturated/α-hetero) is 1. The number of aryl methyl sites for hydroxylation is 2. The number of carbonyl (C=O) groups excluding carboxylic acids is 3. The third-order valence-electron chi connectivity index (χ3n) is 5.48. The van der Waals surface area contributed by atoms with Crippen LogP contribution in [0.5, 0.6) is 0 Å². The second-order valence-electron chi connectivity index (χ2n) is 7.32. The molecule has 0 atom stereocenters. The predicted octanol–water partition coefficient (Wildman–Crippen LogP) is 2.40. The first-order chi connectivity index (χ1) is 13.1. The van der Waals surface area contributed by atoms with Crippen LogP contribution in [0.4, 0.5) is 4.79 Å². The Balaban J connectivity index is 1.47. The van der Waals surface area contributed by atoms with E-state index in [1.807, 2.05) is 19.1 Å². The smallest absolute Gasteiger partial charge is 0.317 e. The molecule has 1 aliphatic carbocycles. The highest BCUT2D eigenvalue weighted by Crippen LogP contribution is 2.23. The number of ketones is 1. The zero-order valence-corrected chi connectivity index (χ0v) is 16.1. The first-order valence-electron chi connectivity index (χ1n) is 10.0. The van der Waals surface area contributed by atoms with E-state index in [0.29, 0.717) is 32.7 Å². The Bertz CT molecular complexity index is 709. The molecule has 0 bridgehead atoms. The highest BCUT2D eigenvalue weighted by molar-refractivity contribution is 5.98. The summed E-state index contributed by atoms with van der Waals surface area (Å²) in [4.78, 5) is 40.2. The molecular weight excluding hydrogens is 342 g/mol. The molecule has 0 aromatic heterocycles. The van der Waals surface area contributed by atoms with Gasteiger partial charge in [-0.15, -0.1) is 0 Å². The maximum Gasteiger partial charge on any atom is 0.317 e. The number of nitrogens with zero attached hydrogens (tertiary/aromatic N) is 2. The van der Waals surface area contributed by atoms with E-state index in [1.54, 1.807) is 9.80 Å². The van der Waals surface area contributed by atoms with E-state index in [1.165, 1.54) is 24.0 Å². The maximum absolute atomic E-state index is 12.5. The molecule has 0 saturated carbocycles. The molecule has 0 spiro atoms. The van der Waals surface area contributed by atoms with Crippen LogP contribution in [0.2, 0.25) is 0 Å². The van der Waals surface area contributed by atoms with Crippen LogP contribution in [0.1, 0.15) is 54.1 Å². The minimum atomic E-state index is -0.0767. The fourth-order valence-corrected chi connectivity index (χ4v) is 3.85. The van der Waals surface area contributed by atoms with Crippen molar-refractivity contribution in [3.8, 4) is 0 Å². The van der Waals surface area contributed by atoms with Crippen LogP contribution in [0.15, 0.2) is 18.2 Å². The van der Waals surface area contributed by atoms with Crippen LogP contribution in [-0.2, 0) is 17.6 Å². The molecule has 3 amide bonds. The topological polar surface area (TPSA) is 69.7 Å². The second-order valence-corrected chi connectivity index (χ2v) is 7.32. The van der Waals surface area contributed by atoms with E-state index in [9.17, 15) is 14.4 Å². The summed E-state index contributed by atoms with van der Waals surface area (Å²) in [6.07, 6.45) is 5.04. The lowest BCUT2D eigenvalue weighted by atomic mass is 9.89. The van der Waals surface area contributed by atoms with Crippen LogP contribution in [-0.4, -0.2) is 60.2 Å². The summed E-state index contributed by atoms with van der Waals surface area (Å²) in [5.41, 5.74) is 3.38. The van der Waals surface area contributed by atoms with Gasteiger partial charge in [-0.2, -0.15) is 0 Å². The van der Waals surface area contributed by atoms with E-state index in [4.69, 9.17) is 0 Å². The van der Waals surface area contributed by atoms with Gasteiger partial charge in [-0.1, -0.05) is 12.1 Å². The van der Waals surface area contributed by atoms with Gasteiger partial charge in [0.2, 0.25) is 5.91 Å². The lowest BCUT2D eigenvalue weighted by Crippen LogP contribution is -2.53. The minimum Gasteiger partial charge on any atom is -0.339 e. The molecule has 0 unspecified atom stereocenters. The molecule has 146 valence electrons. The van der Waals surface area contributed by atoms with Gasteiger partial charge in [0.05, 0.1) is 0 Å². The largest absolute Gasteiger partial charge is 0.339 e. The Morgan fingerprint density at radius 1 is 0.926 bits per heavy atom. The Morgan fingerprint density at radius 3 is 2.30 bits per heavy atom. The van der Waals surface area contributed by atoms with Gasteiger partial charge in [0.25, 0.3) is 0 Å². The van der Waals surface area contributed by atoms with Crippen LogP contribution < -0.4 is 5.32 Å². The molecule has 1 heterocycles. The number of nitrogens with one attached hydrogen (secondary N) is 1. The van der Waals surface area contributed by atoms with E-state index in [0.717, 1.165) is 18.4 Å². The lowest BCUT2D eigenvalue weighted by Gasteiger charge is -2.34. The van der Waals surface area contributed by atoms with Gasteiger partial charge in [0, 0.05) is 51.1 Å². The minimum absolute atomic E-state index is 0.00291. The van der Waals surface area contributed by atoms with Gasteiger partial charge in [0.1, 0.15) is 0 Å². The number of piperazine rings is 1. The fourth-order valence-electron chi connectivity index (χ4n) is 3.85. The Kier molecular flexibility index (Phi) is 6.48. The second kappa shape index (κ2) is 9.02. The van der Waals surface area contributed by atoms with Crippen LogP contribution >= 0.6 is 0 Å². The molecule has 2 aliphatic rings.